The number of rotatable bonds is 7. The molecule has 146 valence electrons. The predicted molar refractivity (Wildman–Crippen MR) is 104 cm³/mol. The van der Waals surface area contributed by atoms with Crippen molar-refractivity contribution in [3.8, 4) is 5.75 Å². The van der Waals surface area contributed by atoms with Crippen LogP contribution in [-0.2, 0) is 16.1 Å². The zero-order chi connectivity index (χ0) is 20.1. The predicted octanol–water partition coefficient (Wildman–Crippen LogP) is 3.48. The number of nitrogens with zero attached hydrogens (tertiary/aromatic N) is 1. The lowest BCUT2D eigenvalue weighted by atomic mass is 10.0. The number of hydrogen-bond acceptors (Lipinski definition) is 4. The minimum atomic E-state index is -0.366. The second-order valence-corrected chi connectivity index (χ2v) is 6.63. The number of esters is 1. The third-order valence-electron chi connectivity index (χ3n) is 4.60. The number of aryl methyl sites for hydroxylation is 2. The van der Waals surface area contributed by atoms with Gasteiger partial charge in [0.25, 0.3) is 0 Å². The van der Waals surface area contributed by atoms with Gasteiger partial charge in [0.2, 0.25) is 5.91 Å². The van der Waals surface area contributed by atoms with Crippen LogP contribution in [0.15, 0.2) is 24.3 Å². The molecule has 0 aliphatic carbocycles. The van der Waals surface area contributed by atoms with Crippen LogP contribution in [-0.4, -0.2) is 30.2 Å². The Morgan fingerprint density at radius 2 is 1.89 bits per heavy atom. The summed E-state index contributed by atoms with van der Waals surface area (Å²) in [6.45, 7) is 9.84. The zero-order valence-electron chi connectivity index (χ0n) is 16.9. The van der Waals surface area contributed by atoms with Crippen LogP contribution in [0.3, 0.4) is 0 Å². The molecular formula is C21H28N2O4. The number of aromatic nitrogens is 1. The van der Waals surface area contributed by atoms with E-state index in [0.29, 0.717) is 12.2 Å². The van der Waals surface area contributed by atoms with E-state index in [4.69, 9.17) is 9.47 Å². The van der Waals surface area contributed by atoms with E-state index in [1.165, 1.54) is 0 Å². The largest absolute Gasteiger partial charge is 0.496 e. The van der Waals surface area contributed by atoms with Crippen LogP contribution in [0.5, 0.6) is 5.75 Å². The Hall–Kier alpha value is -2.76. The molecule has 0 aliphatic heterocycles. The van der Waals surface area contributed by atoms with E-state index >= 15 is 0 Å². The van der Waals surface area contributed by atoms with Gasteiger partial charge in [0.05, 0.1) is 25.3 Å². The van der Waals surface area contributed by atoms with Gasteiger partial charge in [0.15, 0.2) is 0 Å². The van der Waals surface area contributed by atoms with Gasteiger partial charge >= 0.3 is 5.97 Å². The number of nitrogens with one attached hydrogen (secondary N) is 1. The first-order chi connectivity index (χ1) is 12.8. The average Bonchev–Trinajstić information content (AvgIpc) is 2.90. The highest BCUT2D eigenvalue weighted by molar-refractivity contribution is 5.91. The fraction of sp³-hybridized carbons (Fsp3) is 0.429. The molecule has 2 rings (SSSR count). The third-order valence-corrected chi connectivity index (χ3v) is 4.60. The first-order valence-corrected chi connectivity index (χ1v) is 9.06. The fourth-order valence-electron chi connectivity index (χ4n) is 3.16. The molecule has 0 fully saturated rings. The first-order valence-electron chi connectivity index (χ1n) is 9.06. The van der Waals surface area contributed by atoms with Crippen LogP contribution < -0.4 is 10.1 Å². The molecule has 0 saturated heterocycles. The maximum atomic E-state index is 12.6. The van der Waals surface area contributed by atoms with Gasteiger partial charge in [-0.1, -0.05) is 17.7 Å². The number of amides is 1. The Morgan fingerprint density at radius 3 is 2.52 bits per heavy atom. The van der Waals surface area contributed by atoms with Crippen molar-refractivity contribution < 1.29 is 19.1 Å². The van der Waals surface area contributed by atoms with E-state index in [1.54, 1.807) is 20.1 Å². The fourth-order valence-corrected chi connectivity index (χ4v) is 3.16. The summed E-state index contributed by atoms with van der Waals surface area (Å²) >= 11 is 0. The quantitative estimate of drug-likeness (QED) is 0.756. The second-order valence-electron chi connectivity index (χ2n) is 6.63. The lowest BCUT2D eigenvalue weighted by Crippen LogP contribution is -2.31. The minimum Gasteiger partial charge on any atom is -0.496 e. The Balaban J connectivity index is 2.14. The van der Waals surface area contributed by atoms with Gasteiger partial charge in [-0.05, 0) is 46.8 Å². The van der Waals surface area contributed by atoms with Gasteiger partial charge in [-0.3, -0.25) is 4.79 Å². The molecule has 1 aromatic heterocycles. The molecule has 1 amide bonds. The summed E-state index contributed by atoms with van der Waals surface area (Å²) in [6.07, 6.45) is 0. The van der Waals surface area contributed by atoms with E-state index in [1.807, 2.05) is 50.5 Å². The van der Waals surface area contributed by atoms with Gasteiger partial charge in [0, 0.05) is 17.0 Å². The van der Waals surface area contributed by atoms with Crippen molar-refractivity contribution in [3.05, 3.63) is 52.3 Å². The lowest BCUT2D eigenvalue weighted by Gasteiger charge is -2.19. The molecule has 2 aromatic rings. The highest BCUT2D eigenvalue weighted by Crippen LogP contribution is 2.26. The van der Waals surface area contributed by atoms with Crippen molar-refractivity contribution in [2.24, 2.45) is 0 Å². The van der Waals surface area contributed by atoms with E-state index in [0.717, 1.165) is 28.3 Å². The molecular weight excluding hydrogens is 344 g/mol. The first kappa shape index (κ1) is 20.6. The van der Waals surface area contributed by atoms with Crippen molar-refractivity contribution in [3.63, 3.8) is 0 Å². The van der Waals surface area contributed by atoms with Gasteiger partial charge in [-0.15, -0.1) is 0 Å². The molecule has 1 aromatic carbocycles. The molecule has 0 aliphatic rings. The molecule has 1 N–H and O–H groups in total. The maximum absolute atomic E-state index is 12.6. The van der Waals surface area contributed by atoms with Crippen molar-refractivity contribution >= 4 is 11.9 Å². The second kappa shape index (κ2) is 8.75. The summed E-state index contributed by atoms with van der Waals surface area (Å²) in [5, 5.41) is 3.01. The SMILES string of the molecule is CCOC(=O)c1cc(C)n(CC(=O)N[C@@H](C)c2cc(C)ccc2OC)c1C. The van der Waals surface area contributed by atoms with Crippen LogP contribution in [0.2, 0.25) is 0 Å². The van der Waals surface area contributed by atoms with E-state index in [9.17, 15) is 9.59 Å². The number of ether oxygens (including phenoxy) is 2. The van der Waals surface area contributed by atoms with E-state index in [2.05, 4.69) is 5.32 Å². The topological polar surface area (TPSA) is 69.6 Å². The molecule has 6 nitrogen and oxygen atoms in total. The molecule has 6 heteroatoms. The monoisotopic (exact) mass is 372 g/mol. The lowest BCUT2D eigenvalue weighted by molar-refractivity contribution is -0.122. The van der Waals surface area contributed by atoms with Gasteiger partial charge in [-0.2, -0.15) is 0 Å². The highest BCUT2D eigenvalue weighted by Gasteiger charge is 2.19. The van der Waals surface area contributed by atoms with Crippen LogP contribution in [0.25, 0.3) is 0 Å². The van der Waals surface area contributed by atoms with Gasteiger partial charge in [-0.25, -0.2) is 4.79 Å². The van der Waals surface area contributed by atoms with Crippen LogP contribution in [0, 0.1) is 20.8 Å². The molecule has 0 bridgehead atoms. The Labute approximate surface area is 160 Å². The van der Waals surface area contributed by atoms with Crippen LogP contribution in [0.4, 0.5) is 0 Å². The van der Waals surface area contributed by atoms with E-state index in [-0.39, 0.29) is 24.5 Å². The maximum Gasteiger partial charge on any atom is 0.339 e. The Bertz CT molecular complexity index is 839. The molecule has 1 atom stereocenters. The molecule has 27 heavy (non-hydrogen) atoms. The molecule has 1 heterocycles. The summed E-state index contributed by atoms with van der Waals surface area (Å²) in [6, 6.07) is 7.44. The van der Waals surface area contributed by atoms with Crippen molar-refractivity contribution in [2.45, 2.75) is 47.2 Å². The van der Waals surface area contributed by atoms with Crippen molar-refractivity contribution in [1.82, 2.24) is 9.88 Å². The van der Waals surface area contributed by atoms with Crippen molar-refractivity contribution in [1.29, 1.82) is 0 Å². The average molecular weight is 372 g/mol. The number of methoxy groups -OCH3 is 1. The molecule has 0 radical (unpaired) electrons. The number of carbonyl (C=O) groups is 2. The number of hydrogen-bond donors (Lipinski definition) is 1. The molecule has 0 spiro atoms. The summed E-state index contributed by atoms with van der Waals surface area (Å²) in [7, 11) is 1.62. The van der Waals surface area contributed by atoms with E-state index < -0.39 is 0 Å². The van der Waals surface area contributed by atoms with Crippen LogP contribution in [0.1, 0.15) is 52.8 Å². The Morgan fingerprint density at radius 1 is 1.19 bits per heavy atom. The summed E-state index contributed by atoms with van der Waals surface area (Å²) < 4.78 is 12.3. The summed E-state index contributed by atoms with van der Waals surface area (Å²) in [4.78, 5) is 24.6. The standard InChI is InChI=1S/C21H28N2O4/c1-7-27-21(25)18-11-14(3)23(16(18)5)12-20(24)22-15(4)17-10-13(2)8-9-19(17)26-6/h8-11,15H,7,12H2,1-6H3,(H,22,24)/t15-/m0/s1. The minimum absolute atomic E-state index is 0.134. The summed E-state index contributed by atoms with van der Waals surface area (Å²) in [5.41, 5.74) is 4.09. The molecule has 0 saturated carbocycles. The van der Waals surface area contributed by atoms with Gasteiger partial charge < -0.3 is 19.4 Å². The summed E-state index contributed by atoms with van der Waals surface area (Å²) in [5.74, 6) is 0.240. The normalized spacial score (nSPS) is 11.8. The van der Waals surface area contributed by atoms with Crippen LogP contribution >= 0.6 is 0 Å². The molecule has 0 unspecified atom stereocenters. The smallest absolute Gasteiger partial charge is 0.339 e. The Kier molecular flexibility index (Phi) is 6.66. The van der Waals surface area contributed by atoms with Gasteiger partial charge in [0.1, 0.15) is 12.3 Å². The number of carbonyl (C=O) groups excluding carboxylic acids is 2. The highest BCUT2D eigenvalue weighted by atomic mass is 16.5. The van der Waals surface area contributed by atoms with Crippen molar-refractivity contribution in [2.75, 3.05) is 13.7 Å². The number of benzene rings is 1. The zero-order valence-corrected chi connectivity index (χ0v) is 16.9. The third kappa shape index (κ3) is 4.70.